The van der Waals surface area contributed by atoms with Crippen LogP contribution in [0.4, 0.5) is 5.69 Å². The van der Waals surface area contributed by atoms with Crippen molar-refractivity contribution in [3.05, 3.63) is 48.5 Å². The lowest BCUT2D eigenvalue weighted by molar-refractivity contribution is 0.419. The van der Waals surface area contributed by atoms with Crippen molar-refractivity contribution in [1.82, 2.24) is 15.0 Å². The van der Waals surface area contributed by atoms with Crippen LogP contribution in [0.15, 0.2) is 48.5 Å². The molecule has 2 aromatic heterocycles. The molecule has 5 heteroatoms. The minimum Gasteiger partial charge on any atom is -0.494 e. The Balaban J connectivity index is 1.74. The Labute approximate surface area is 165 Å². The second-order valence-electron chi connectivity index (χ2n) is 7.00. The lowest BCUT2D eigenvalue weighted by atomic mass is 10.2. The molecule has 0 aliphatic carbocycles. The highest BCUT2D eigenvalue weighted by Gasteiger charge is 2.12. The van der Waals surface area contributed by atoms with Crippen LogP contribution in [0.25, 0.3) is 33.5 Å². The van der Waals surface area contributed by atoms with Gasteiger partial charge in [0.25, 0.3) is 0 Å². The number of methoxy groups -OCH3 is 1. The number of imidazole rings is 1. The van der Waals surface area contributed by atoms with E-state index in [1.807, 2.05) is 24.3 Å². The van der Waals surface area contributed by atoms with E-state index in [0.29, 0.717) is 0 Å². The van der Waals surface area contributed by atoms with Gasteiger partial charge in [0.15, 0.2) is 5.82 Å². The zero-order valence-electron chi connectivity index (χ0n) is 16.7. The van der Waals surface area contributed by atoms with E-state index in [4.69, 9.17) is 14.7 Å². The molecule has 0 spiro atoms. The first-order valence-electron chi connectivity index (χ1n) is 9.92. The maximum Gasteiger partial charge on any atom is 0.157 e. The number of H-pyrrole nitrogens is 1. The molecule has 4 aromatic rings. The highest BCUT2D eigenvalue weighted by molar-refractivity contribution is 5.87. The second-order valence-corrected chi connectivity index (χ2v) is 7.00. The monoisotopic (exact) mass is 374 g/mol. The number of benzene rings is 2. The number of aromatic nitrogens is 3. The molecule has 28 heavy (non-hydrogen) atoms. The molecule has 4 rings (SSSR count). The van der Waals surface area contributed by atoms with Crippen LogP contribution in [0.3, 0.4) is 0 Å². The summed E-state index contributed by atoms with van der Waals surface area (Å²) in [5, 5.41) is 1.05. The third-order valence-electron chi connectivity index (χ3n) is 4.96. The molecule has 5 nitrogen and oxygen atoms in total. The van der Waals surface area contributed by atoms with Crippen molar-refractivity contribution < 1.29 is 4.74 Å². The van der Waals surface area contributed by atoms with Gasteiger partial charge in [0.05, 0.1) is 18.1 Å². The van der Waals surface area contributed by atoms with Gasteiger partial charge in [-0.3, -0.25) is 0 Å². The molecule has 0 radical (unpaired) electrons. The normalized spacial score (nSPS) is 11.2. The first-order valence-corrected chi connectivity index (χ1v) is 9.92. The molecular weight excluding hydrogens is 348 g/mol. The van der Waals surface area contributed by atoms with Gasteiger partial charge < -0.3 is 14.6 Å². The summed E-state index contributed by atoms with van der Waals surface area (Å²) in [5.41, 5.74) is 4.88. The van der Waals surface area contributed by atoms with Crippen LogP contribution in [-0.4, -0.2) is 35.2 Å². The van der Waals surface area contributed by atoms with Gasteiger partial charge >= 0.3 is 0 Å². The molecule has 1 N–H and O–H groups in total. The molecule has 0 fully saturated rings. The van der Waals surface area contributed by atoms with Crippen LogP contribution in [-0.2, 0) is 0 Å². The van der Waals surface area contributed by atoms with Crippen molar-refractivity contribution in [2.24, 2.45) is 0 Å². The maximum atomic E-state index is 5.47. The Morgan fingerprint density at radius 1 is 0.964 bits per heavy atom. The first-order chi connectivity index (χ1) is 13.7. The third kappa shape index (κ3) is 3.40. The third-order valence-corrected chi connectivity index (χ3v) is 4.96. The van der Waals surface area contributed by atoms with Gasteiger partial charge in [-0.25, -0.2) is 9.97 Å². The van der Waals surface area contributed by atoms with Crippen molar-refractivity contribution >= 4 is 27.6 Å². The van der Waals surface area contributed by atoms with E-state index >= 15 is 0 Å². The summed E-state index contributed by atoms with van der Waals surface area (Å²) < 4.78 is 5.47. The lowest BCUT2D eigenvalue weighted by Crippen LogP contribution is -2.24. The smallest absolute Gasteiger partial charge is 0.157 e. The summed E-state index contributed by atoms with van der Waals surface area (Å²) in [4.78, 5) is 15.4. The average molecular weight is 374 g/mol. The van der Waals surface area contributed by atoms with Crippen LogP contribution in [0.2, 0.25) is 0 Å². The molecule has 0 saturated heterocycles. The molecule has 0 aliphatic rings. The fraction of sp³-hybridized carbons (Fsp3) is 0.304. The minimum absolute atomic E-state index is 0.771. The van der Waals surface area contributed by atoms with Gasteiger partial charge in [0.1, 0.15) is 17.0 Å². The zero-order chi connectivity index (χ0) is 19.5. The molecule has 0 aliphatic heterocycles. The van der Waals surface area contributed by atoms with Crippen molar-refractivity contribution in [3.63, 3.8) is 0 Å². The Morgan fingerprint density at radius 3 is 2.54 bits per heavy atom. The molecular formula is C23H26N4O. The highest BCUT2D eigenvalue weighted by atomic mass is 16.5. The minimum atomic E-state index is 0.771. The number of nitrogens with one attached hydrogen (secondary N) is 1. The number of rotatable bonds is 7. The van der Waals surface area contributed by atoms with Gasteiger partial charge in [0.2, 0.25) is 0 Å². The van der Waals surface area contributed by atoms with Gasteiger partial charge in [-0.1, -0.05) is 32.0 Å². The van der Waals surface area contributed by atoms with Crippen molar-refractivity contribution in [3.8, 4) is 17.3 Å². The van der Waals surface area contributed by atoms with E-state index < -0.39 is 0 Å². The average Bonchev–Trinajstić information content (AvgIpc) is 3.16. The van der Waals surface area contributed by atoms with Crippen molar-refractivity contribution in [2.45, 2.75) is 26.7 Å². The number of anilines is 1. The Kier molecular flexibility index (Phi) is 5.15. The van der Waals surface area contributed by atoms with Gasteiger partial charge in [0, 0.05) is 24.2 Å². The second kappa shape index (κ2) is 7.89. The van der Waals surface area contributed by atoms with Gasteiger partial charge in [-0.05, 0) is 43.2 Å². The Morgan fingerprint density at radius 2 is 1.79 bits per heavy atom. The number of aromatic amines is 1. The number of hydrogen-bond donors (Lipinski definition) is 1. The standard InChI is InChI=1S/C23H26N4O/c1-4-13-27(14-5-2)17-10-12-18-20(15-17)26-23(25-18)19-11-9-16-7-6-8-21(28-3)22(16)24-19/h6-12,15H,4-5,13-14H2,1-3H3,(H,25,26). The van der Waals surface area contributed by atoms with Crippen LogP contribution in [0, 0.1) is 0 Å². The van der Waals surface area contributed by atoms with E-state index in [-0.39, 0.29) is 0 Å². The molecule has 0 saturated carbocycles. The lowest BCUT2D eigenvalue weighted by Gasteiger charge is -2.23. The van der Waals surface area contributed by atoms with E-state index in [9.17, 15) is 0 Å². The number of nitrogens with zero attached hydrogens (tertiary/aromatic N) is 3. The summed E-state index contributed by atoms with van der Waals surface area (Å²) in [7, 11) is 1.67. The molecule has 0 unspecified atom stereocenters. The summed E-state index contributed by atoms with van der Waals surface area (Å²) >= 11 is 0. The number of ether oxygens (including phenoxy) is 1. The molecule has 0 amide bonds. The predicted octanol–water partition coefficient (Wildman–Crippen LogP) is 5.41. The van der Waals surface area contributed by atoms with E-state index in [0.717, 1.165) is 65.1 Å². The number of para-hydroxylation sites is 1. The highest BCUT2D eigenvalue weighted by Crippen LogP contribution is 2.28. The van der Waals surface area contributed by atoms with Crippen LogP contribution in [0.1, 0.15) is 26.7 Å². The molecule has 2 heterocycles. The maximum absolute atomic E-state index is 5.47. The quantitative estimate of drug-likeness (QED) is 0.470. The summed E-state index contributed by atoms with van der Waals surface area (Å²) in [6.45, 7) is 6.56. The molecule has 0 bridgehead atoms. The fourth-order valence-electron chi connectivity index (χ4n) is 3.64. The Bertz CT molecular complexity index is 1100. The van der Waals surface area contributed by atoms with E-state index in [2.05, 4.69) is 48.0 Å². The van der Waals surface area contributed by atoms with Crippen LogP contribution < -0.4 is 9.64 Å². The molecule has 144 valence electrons. The SMILES string of the molecule is CCCN(CCC)c1ccc2nc(-c3ccc4cccc(OC)c4n3)[nH]c2c1. The van der Waals surface area contributed by atoms with Crippen LogP contribution in [0.5, 0.6) is 5.75 Å². The predicted molar refractivity (Wildman–Crippen MR) is 116 cm³/mol. The van der Waals surface area contributed by atoms with E-state index in [1.165, 1.54) is 5.69 Å². The number of fused-ring (bicyclic) bond motifs is 2. The first kappa shape index (κ1) is 18.3. The summed E-state index contributed by atoms with van der Waals surface area (Å²) in [6, 6.07) is 16.4. The zero-order valence-corrected chi connectivity index (χ0v) is 16.7. The van der Waals surface area contributed by atoms with Crippen LogP contribution >= 0.6 is 0 Å². The van der Waals surface area contributed by atoms with Gasteiger partial charge in [-0.2, -0.15) is 0 Å². The van der Waals surface area contributed by atoms with Crippen molar-refractivity contribution in [1.29, 1.82) is 0 Å². The fourth-order valence-corrected chi connectivity index (χ4v) is 3.64. The summed E-state index contributed by atoms with van der Waals surface area (Å²) in [6.07, 6.45) is 2.27. The molecule has 2 aromatic carbocycles. The molecule has 0 atom stereocenters. The topological polar surface area (TPSA) is 54.0 Å². The number of hydrogen-bond acceptors (Lipinski definition) is 4. The summed E-state index contributed by atoms with van der Waals surface area (Å²) in [5.74, 6) is 1.55. The van der Waals surface area contributed by atoms with Crippen molar-refractivity contribution in [2.75, 3.05) is 25.1 Å². The van der Waals surface area contributed by atoms with E-state index in [1.54, 1.807) is 7.11 Å². The largest absolute Gasteiger partial charge is 0.494 e. The Hall–Kier alpha value is -3.08. The van der Waals surface area contributed by atoms with Gasteiger partial charge in [-0.15, -0.1) is 0 Å². The number of pyridine rings is 1.